The van der Waals surface area contributed by atoms with Gasteiger partial charge in [-0.1, -0.05) is 0 Å². The molecule has 2 aromatic rings. The molecule has 2 rings (SSSR count). The smallest absolute Gasteiger partial charge is 0.289 e. The summed E-state index contributed by atoms with van der Waals surface area (Å²) in [5, 5.41) is 3.17. The Hall–Kier alpha value is -1.37. The van der Waals surface area contributed by atoms with Crippen LogP contribution in [0.3, 0.4) is 0 Å². The van der Waals surface area contributed by atoms with Gasteiger partial charge in [0.2, 0.25) is 0 Å². The van der Waals surface area contributed by atoms with E-state index in [9.17, 15) is 4.39 Å². The number of hydrogen-bond donors (Lipinski definition) is 3. The molecule has 2 N–H and O–H groups in total. The van der Waals surface area contributed by atoms with Crippen LogP contribution in [-0.2, 0) is 0 Å². The van der Waals surface area contributed by atoms with Gasteiger partial charge in [0.1, 0.15) is 11.8 Å². The summed E-state index contributed by atoms with van der Waals surface area (Å²) in [6.45, 7) is 5.95. The highest BCUT2D eigenvalue weighted by atomic mass is 32.1. The lowest BCUT2D eigenvalue weighted by Crippen LogP contribution is -2.35. The Morgan fingerprint density at radius 1 is 1.47 bits per heavy atom. The maximum Gasteiger partial charge on any atom is 0.289 e. The number of nitrogens with zero attached hydrogens (tertiary/aromatic N) is 3. The Kier molecular flexibility index (Phi) is 2.94. The van der Waals surface area contributed by atoms with Crippen LogP contribution < -0.4 is 5.32 Å². The minimum absolute atomic E-state index is 0.0512. The first-order valence-corrected chi connectivity index (χ1v) is 5.68. The molecule has 2 aromatic heterocycles. The van der Waals surface area contributed by atoms with Gasteiger partial charge in [0.15, 0.2) is 11.5 Å². The van der Waals surface area contributed by atoms with Crippen molar-refractivity contribution >= 4 is 29.6 Å². The molecule has 0 saturated carbocycles. The SMILES string of the molecule is CC(Nc1ncnc2nc(F)[nH]c12)C(C)(C)S. The number of rotatable bonds is 3. The summed E-state index contributed by atoms with van der Waals surface area (Å²) in [7, 11) is 0. The van der Waals surface area contributed by atoms with Crippen LogP contribution >= 0.6 is 12.6 Å². The summed E-state index contributed by atoms with van der Waals surface area (Å²) in [4.78, 5) is 14.1. The lowest BCUT2D eigenvalue weighted by molar-refractivity contribution is 0.556. The lowest BCUT2D eigenvalue weighted by Gasteiger charge is -2.27. The van der Waals surface area contributed by atoms with E-state index in [0.717, 1.165) is 0 Å². The van der Waals surface area contributed by atoms with Crippen molar-refractivity contribution in [2.24, 2.45) is 0 Å². The van der Waals surface area contributed by atoms with Gasteiger partial charge in [-0.25, -0.2) is 9.97 Å². The number of aromatic amines is 1. The Balaban J connectivity index is 2.36. The van der Waals surface area contributed by atoms with Crippen molar-refractivity contribution in [3.63, 3.8) is 0 Å². The first-order valence-electron chi connectivity index (χ1n) is 5.23. The van der Waals surface area contributed by atoms with Crippen LogP contribution in [-0.4, -0.2) is 30.7 Å². The quantitative estimate of drug-likeness (QED) is 0.579. The molecule has 0 aliphatic heterocycles. The third-order valence-electron chi connectivity index (χ3n) is 2.67. The minimum Gasteiger partial charge on any atom is -0.364 e. The molecule has 0 spiro atoms. The average molecular weight is 255 g/mol. The number of fused-ring (bicyclic) bond motifs is 1. The predicted octanol–water partition coefficient (Wildman–Crippen LogP) is 2.00. The summed E-state index contributed by atoms with van der Waals surface area (Å²) in [6.07, 6.45) is 0.685. The number of nitrogens with one attached hydrogen (secondary N) is 2. The fourth-order valence-electron chi connectivity index (χ4n) is 1.29. The lowest BCUT2D eigenvalue weighted by atomic mass is 10.1. The van der Waals surface area contributed by atoms with E-state index in [4.69, 9.17) is 0 Å². The molecule has 0 bridgehead atoms. The summed E-state index contributed by atoms with van der Waals surface area (Å²) < 4.78 is 12.8. The first-order chi connectivity index (χ1) is 7.88. The van der Waals surface area contributed by atoms with E-state index in [2.05, 4.69) is 37.9 Å². The van der Waals surface area contributed by atoms with E-state index in [1.807, 2.05) is 20.8 Å². The zero-order valence-corrected chi connectivity index (χ0v) is 10.7. The standard InChI is InChI=1S/C10H14FN5S/c1-5(10(2,3)17)14-7-6-8(13-4-12-7)16-9(11)15-6/h4-5,17H,1-3H3,(H2,12,13,14,15,16). The minimum atomic E-state index is -0.665. The summed E-state index contributed by atoms with van der Waals surface area (Å²) in [6, 6.07) is 0.0512. The van der Waals surface area contributed by atoms with Crippen molar-refractivity contribution in [3.8, 4) is 0 Å². The van der Waals surface area contributed by atoms with Crippen molar-refractivity contribution in [2.75, 3.05) is 5.32 Å². The van der Waals surface area contributed by atoms with Gasteiger partial charge in [0.25, 0.3) is 6.08 Å². The molecule has 0 radical (unpaired) electrons. The monoisotopic (exact) mass is 255 g/mol. The van der Waals surface area contributed by atoms with E-state index in [1.165, 1.54) is 6.33 Å². The maximum absolute atomic E-state index is 13.0. The summed E-state index contributed by atoms with van der Waals surface area (Å²) in [5.41, 5.74) is 0.776. The van der Waals surface area contributed by atoms with E-state index in [0.29, 0.717) is 17.0 Å². The van der Waals surface area contributed by atoms with Crippen LogP contribution in [0.15, 0.2) is 6.33 Å². The molecule has 1 atom stereocenters. The molecule has 92 valence electrons. The second-order valence-corrected chi connectivity index (χ2v) is 5.62. The van der Waals surface area contributed by atoms with E-state index < -0.39 is 6.08 Å². The normalized spacial score (nSPS) is 13.9. The predicted molar refractivity (Wildman–Crippen MR) is 67.8 cm³/mol. The molecular formula is C10H14FN5S. The van der Waals surface area contributed by atoms with E-state index in [1.54, 1.807) is 0 Å². The number of halogens is 1. The number of thiol groups is 1. The molecule has 0 aliphatic rings. The fourth-order valence-corrected chi connectivity index (χ4v) is 1.36. The second-order valence-electron chi connectivity index (χ2n) is 4.47. The van der Waals surface area contributed by atoms with Gasteiger partial charge in [-0.05, 0) is 20.8 Å². The zero-order chi connectivity index (χ0) is 12.6. The van der Waals surface area contributed by atoms with Crippen molar-refractivity contribution < 1.29 is 4.39 Å². The van der Waals surface area contributed by atoms with Crippen LogP contribution in [0, 0.1) is 6.08 Å². The molecule has 1 unspecified atom stereocenters. The maximum atomic E-state index is 13.0. The zero-order valence-electron chi connectivity index (χ0n) is 9.82. The van der Waals surface area contributed by atoms with E-state index >= 15 is 0 Å². The first kappa shape index (κ1) is 12.1. The molecule has 0 saturated heterocycles. The molecule has 0 fully saturated rings. The molecule has 17 heavy (non-hydrogen) atoms. The summed E-state index contributed by atoms with van der Waals surface area (Å²) >= 11 is 4.47. The third kappa shape index (κ3) is 2.49. The highest BCUT2D eigenvalue weighted by Crippen LogP contribution is 2.23. The van der Waals surface area contributed by atoms with Crippen LogP contribution in [0.2, 0.25) is 0 Å². The Morgan fingerprint density at radius 2 is 2.18 bits per heavy atom. The van der Waals surface area contributed by atoms with Gasteiger partial charge in [0, 0.05) is 10.8 Å². The number of imidazole rings is 1. The van der Waals surface area contributed by atoms with Crippen molar-refractivity contribution in [1.29, 1.82) is 0 Å². The van der Waals surface area contributed by atoms with Crippen molar-refractivity contribution in [1.82, 2.24) is 19.9 Å². The highest BCUT2D eigenvalue weighted by Gasteiger charge is 2.22. The largest absolute Gasteiger partial charge is 0.364 e. The van der Waals surface area contributed by atoms with Crippen LogP contribution in [0.5, 0.6) is 0 Å². The fraction of sp³-hybridized carbons (Fsp3) is 0.500. The topological polar surface area (TPSA) is 66.5 Å². The number of aromatic nitrogens is 4. The third-order valence-corrected chi connectivity index (χ3v) is 3.06. The molecular weight excluding hydrogens is 241 g/mol. The van der Waals surface area contributed by atoms with Crippen LogP contribution in [0.1, 0.15) is 20.8 Å². The molecule has 2 heterocycles. The Morgan fingerprint density at radius 3 is 2.82 bits per heavy atom. The molecule has 0 aliphatic carbocycles. The number of hydrogen-bond acceptors (Lipinski definition) is 5. The average Bonchev–Trinajstić information content (AvgIpc) is 2.58. The number of anilines is 1. The molecule has 5 nitrogen and oxygen atoms in total. The van der Waals surface area contributed by atoms with Gasteiger partial charge in [-0.3, -0.25) is 0 Å². The van der Waals surface area contributed by atoms with Gasteiger partial charge < -0.3 is 10.3 Å². The Bertz CT molecular complexity index is 533. The van der Waals surface area contributed by atoms with Crippen molar-refractivity contribution in [3.05, 3.63) is 12.4 Å². The van der Waals surface area contributed by atoms with Crippen LogP contribution in [0.25, 0.3) is 11.2 Å². The van der Waals surface area contributed by atoms with Gasteiger partial charge >= 0.3 is 0 Å². The van der Waals surface area contributed by atoms with Crippen LogP contribution in [0.4, 0.5) is 10.2 Å². The van der Waals surface area contributed by atoms with Crippen molar-refractivity contribution in [2.45, 2.75) is 31.6 Å². The number of H-pyrrole nitrogens is 1. The van der Waals surface area contributed by atoms with Gasteiger partial charge in [-0.2, -0.15) is 22.0 Å². The summed E-state index contributed by atoms with van der Waals surface area (Å²) in [5.74, 6) is 0.529. The second kappa shape index (κ2) is 4.14. The highest BCUT2D eigenvalue weighted by molar-refractivity contribution is 7.81. The molecule has 7 heteroatoms. The Labute approximate surface area is 104 Å². The molecule has 0 aromatic carbocycles. The van der Waals surface area contributed by atoms with E-state index in [-0.39, 0.29) is 10.8 Å². The molecule has 0 amide bonds. The van der Waals surface area contributed by atoms with Gasteiger partial charge in [-0.15, -0.1) is 0 Å². The van der Waals surface area contributed by atoms with Gasteiger partial charge in [0.05, 0.1) is 0 Å².